The van der Waals surface area contributed by atoms with E-state index in [0.29, 0.717) is 17.5 Å². The molecule has 0 aliphatic heterocycles. The lowest BCUT2D eigenvalue weighted by molar-refractivity contribution is 0.405. The SMILES string of the molecule is COc1ccc(OC)c(Nc2nccc(Nc3cc(C)ccc3C)n2)c1. The van der Waals surface area contributed by atoms with Crippen molar-refractivity contribution in [1.29, 1.82) is 0 Å². The van der Waals surface area contributed by atoms with Gasteiger partial charge < -0.3 is 20.1 Å². The summed E-state index contributed by atoms with van der Waals surface area (Å²) in [5.41, 5.74) is 4.09. The van der Waals surface area contributed by atoms with Crippen molar-refractivity contribution in [2.45, 2.75) is 13.8 Å². The van der Waals surface area contributed by atoms with E-state index in [-0.39, 0.29) is 0 Å². The van der Waals surface area contributed by atoms with E-state index >= 15 is 0 Å². The lowest BCUT2D eigenvalue weighted by atomic mass is 10.1. The van der Waals surface area contributed by atoms with Crippen LogP contribution in [0, 0.1) is 13.8 Å². The van der Waals surface area contributed by atoms with Crippen LogP contribution in [0.4, 0.5) is 23.1 Å². The molecule has 0 unspecified atom stereocenters. The third-order valence-corrected chi connectivity index (χ3v) is 3.96. The Morgan fingerprint density at radius 1 is 0.846 bits per heavy atom. The van der Waals surface area contributed by atoms with Crippen LogP contribution in [0.1, 0.15) is 11.1 Å². The van der Waals surface area contributed by atoms with Crippen LogP contribution in [-0.2, 0) is 0 Å². The van der Waals surface area contributed by atoms with Crippen LogP contribution >= 0.6 is 0 Å². The minimum Gasteiger partial charge on any atom is -0.497 e. The molecule has 0 bridgehead atoms. The first-order valence-corrected chi connectivity index (χ1v) is 8.25. The Hall–Kier alpha value is -3.28. The van der Waals surface area contributed by atoms with Gasteiger partial charge in [-0.2, -0.15) is 4.98 Å². The summed E-state index contributed by atoms with van der Waals surface area (Å²) in [5.74, 6) is 2.57. The molecule has 3 rings (SSSR count). The second-order valence-corrected chi connectivity index (χ2v) is 5.90. The number of nitrogens with one attached hydrogen (secondary N) is 2. The van der Waals surface area contributed by atoms with Gasteiger partial charge in [-0.25, -0.2) is 4.98 Å². The third-order valence-electron chi connectivity index (χ3n) is 3.96. The number of aryl methyl sites for hydroxylation is 2. The Morgan fingerprint density at radius 3 is 2.46 bits per heavy atom. The Kier molecular flexibility index (Phi) is 5.22. The van der Waals surface area contributed by atoms with Crippen molar-refractivity contribution >= 4 is 23.1 Å². The van der Waals surface area contributed by atoms with Gasteiger partial charge in [0.2, 0.25) is 5.95 Å². The number of hydrogen-bond donors (Lipinski definition) is 2. The van der Waals surface area contributed by atoms with Crippen molar-refractivity contribution < 1.29 is 9.47 Å². The van der Waals surface area contributed by atoms with Gasteiger partial charge in [0.15, 0.2) is 0 Å². The standard InChI is InChI=1S/C20H22N4O2/c1-13-5-6-14(2)16(11-13)22-19-9-10-21-20(24-19)23-17-12-15(25-3)7-8-18(17)26-4/h5-12H,1-4H3,(H2,21,22,23,24). The average molecular weight is 350 g/mol. The van der Waals surface area contributed by atoms with Crippen molar-refractivity contribution in [2.75, 3.05) is 24.9 Å². The molecule has 3 aromatic rings. The van der Waals surface area contributed by atoms with Gasteiger partial charge in [0, 0.05) is 18.0 Å². The fourth-order valence-corrected chi connectivity index (χ4v) is 2.53. The molecular formula is C20H22N4O2. The smallest absolute Gasteiger partial charge is 0.229 e. The Morgan fingerprint density at radius 2 is 1.69 bits per heavy atom. The fraction of sp³-hybridized carbons (Fsp3) is 0.200. The molecule has 0 radical (unpaired) electrons. The van der Waals surface area contributed by atoms with E-state index in [1.807, 2.05) is 24.3 Å². The van der Waals surface area contributed by atoms with E-state index < -0.39 is 0 Å². The van der Waals surface area contributed by atoms with E-state index in [9.17, 15) is 0 Å². The average Bonchev–Trinajstić information content (AvgIpc) is 2.65. The number of aromatic nitrogens is 2. The van der Waals surface area contributed by atoms with Crippen LogP contribution in [0.5, 0.6) is 11.5 Å². The van der Waals surface area contributed by atoms with Crippen LogP contribution in [0.3, 0.4) is 0 Å². The van der Waals surface area contributed by atoms with E-state index in [0.717, 1.165) is 22.7 Å². The van der Waals surface area contributed by atoms with Crippen molar-refractivity contribution in [1.82, 2.24) is 9.97 Å². The molecular weight excluding hydrogens is 328 g/mol. The van der Waals surface area contributed by atoms with Crippen molar-refractivity contribution in [2.24, 2.45) is 0 Å². The van der Waals surface area contributed by atoms with E-state index in [2.05, 4.69) is 52.6 Å². The summed E-state index contributed by atoms with van der Waals surface area (Å²) < 4.78 is 10.7. The number of methoxy groups -OCH3 is 2. The summed E-state index contributed by atoms with van der Waals surface area (Å²) in [6, 6.07) is 13.6. The van der Waals surface area contributed by atoms with Gasteiger partial charge in [0.1, 0.15) is 17.3 Å². The van der Waals surface area contributed by atoms with Crippen LogP contribution in [0.25, 0.3) is 0 Å². The monoisotopic (exact) mass is 350 g/mol. The number of anilines is 4. The van der Waals surface area contributed by atoms with Crippen LogP contribution in [-0.4, -0.2) is 24.2 Å². The molecule has 134 valence electrons. The first kappa shape index (κ1) is 17.5. The molecule has 6 heteroatoms. The van der Waals surface area contributed by atoms with Crippen LogP contribution in [0.2, 0.25) is 0 Å². The second kappa shape index (κ2) is 7.74. The Balaban J connectivity index is 1.85. The molecule has 2 aromatic carbocycles. The van der Waals surface area contributed by atoms with E-state index in [1.54, 1.807) is 20.4 Å². The molecule has 0 spiro atoms. The van der Waals surface area contributed by atoms with Gasteiger partial charge in [-0.3, -0.25) is 0 Å². The highest BCUT2D eigenvalue weighted by molar-refractivity contribution is 5.66. The maximum Gasteiger partial charge on any atom is 0.229 e. The van der Waals surface area contributed by atoms with Gasteiger partial charge in [-0.1, -0.05) is 12.1 Å². The highest BCUT2D eigenvalue weighted by atomic mass is 16.5. The predicted molar refractivity (Wildman–Crippen MR) is 104 cm³/mol. The summed E-state index contributed by atoms with van der Waals surface area (Å²) in [6.07, 6.45) is 1.70. The van der Waals surface area contributed by atoms with Gasteiger partial charge in [0.05, 0.1) is 19.9 Å². The van der Waals surface area contributed by atoms with E-state index in [1.165, 1.54) is 5.56 Å². The molecule has 0 aliphatic rings. The van der Waals surface area contributed by atoms with Crippen molar-refractivity contribution in [3.8, 4) is 11.5 Å². The van der Waals surface area contributed by atoms with Crippen LogP contribution < -0.4 is 20.1 Å². The molecule has 0 atom stereocenters. The van der Waals surface area contributed by atoms with E-state index in [4.69, 9.17) is 9.47 Å². The summed E-state index contributed by atoms with van der Waals surface area (Å²) in [5, 5.41) is 6.53. The summed E-state index contributed by atoms with van der Waals surface area (Å²) in [7, 11) is 3.24. The number of ether oxygens (including phenoxy) is 2. The number of benzene rings is 2. The first-order chi connectivity index (χ1) is 12.6. The normalized spacial score (nSPS) is 10.3. The van der Waals surface area contributed by atoms with Crippen molar-refractivity contribution in [3.63, 3.8) is 0 Å². The summed E-state index contributed by atoms with van der Waals surface area (Å²) in [4.78, 5) is 8.82. The highest BCUT2D eigenvalue weighted by Crippen LogP contribution is 2.31. The predicted octanol–water partition coefficient (Wildman–Crippen LogP) is 4.60. The fourth-order valence-electron chi connectivity index (χ4n) is 2.53. The zero-order valence-corrected chi connectivity index (χ0v) is 15.3. The molecule has 0 amide bonds. The maximum atomic E-state index is 5.38. The molecule has 1 heterocycles. The molecule has 0 saturated heterocycles. The zero-order chi connectivity index (χ0) is 18.5. The lowest BCUT2D eigenvalue weighted by Crippen LogP contribution is -2.02. The largest absolute Gasteiger partial charge is 0.497 e. The molecule has 1 aromatic heterocycles. The minimum absolute atomic E-state index is 0.465. The lowest BCUT2D eigenvalue weighted by Gasteiger charge is -2.13. The molecule has 0 fully saturated rings. The summed E-state index contributed by atoms with van der Waals surface area (Å²) in [6.45, 7) is 4.12. The van der Waals surface area contributed by atoms with Crippen molar-refractivity contribution in [3.05, 3.63) is 59.8 Å². The number of rotatable bonds is 6. The molecule has 0 aliphatic carbocycles. The Bertz CT molecular complexity index is 912. The molecule has 0 saturated carbocycles. The quantitative estimate of drug-likeness (QED) is 0.677. The molecule has 26 heavy (non-hydrogen) atoms. The second-order valence-electron chi connectivity index (χ2n) is 5.90. The van der Waals surface area contributed by atoms with Gasteiger partial charge in [-0.15, -0.1) is 0 Å². The van der Waals surface area contributed by atoms with Crippen LogP contribution in [0.15, 0.2) is 48.7 Å². The molecule has 2 N–H and O–H groups in total. The Labute approximate surface area is 153 Å². The number of nitrogens with zero attached hydrogens (tertiary/aromatic N) is 2. The zero-order valence-electron chi connectivity index (χ0n) is 15.3. The number of hydrogen-bond acceptors (Lipinski definition) is 6. The van der Waals surface area contributed by atoms with Gasteiger partial charge in [0.25, 0.3) is 0 Å². The minimum atomic E-state index is 0.465. The third kappa shape index (κ3) is 4.03. The first-order valence-electron chi connectivity index (χ1n) is 8.25. The van der Waals surface area contributed by atoms with Gasteiger partial charge >= 0.3 is 0 Å². The molecule has 6 nitrogen and oxygen atoms in total. The maximum absolute atomic E-state index is 5.38. The summed E-state index contributed by atoms with van der Waals surface area (Å²) >= 11 is 0. The highest BCUT2D eigenvalue weighted by Gasteiger charge is 2.08. The topological polar surface area (TPSA) is 68.3 Å². The van der Waals surface area contributed by atoms with Gasteiger partial charge in [-0.05, 0) is 49.2 Å².